The largest absolute Gasteiger partial charge is 0.507 e. The molecule has 4 atom stereocenters. The zero-order valence-corrected chi connectivity index (χ0v) is 32.4. The summed E-state index contributed by atoms with van der Waals surface area (Å²) in [6.45, 7) is 0. The molecule has 19 nitrogen and oxygen atoms in total. The molecule has 0 spiro atoms. The highest BCUT2D eigenvalue weighted by Crippen LogP contribution is 2.29. The smallest absolute Gasteiger partial charge is 0.435 e. The van der Waals surface area contributed by atoms with Crippen LogP contribution in [0.3, 0.4) is 0 Å². The Bertz CT molecular complexity index is 2470. The molecule has 0 radical (unpaired) electrons. The van der Waals surface area contributed by atoms with Crippen LogP contribution < -0.4 is 10.6 Å². The highest BCUT2D eigenvalue weighted by atomic mass is 32.2. The molecule has 0 fully saturated rings. The maximum atomic E-state index is 12.8. The fourth-order valence-electron chi connectivity index (χ4n) is 4.26. The summed E-state index contributed by atoms with van der Waals surface area (Å²) in [6, 6.07) is 11.3. The minimum Gasteiger partial charge on any atom is -0.507 e. The lowest BCUT2D eigenvalue weighted by molar-refractivity contribution is -0.849. The molecule has 4 aromatic carbocycles. The van der Waals surface area contributed by atoms with E-state index < -0.39 is 94.5 Å². The molecule has 0 aromatic heterocycles. The molecule has 55 heavy (non-hydrogen) atoms. The number of phenolic OH excluding ortho intramolecular Hbond substituents is 2. The van der Waals surface area contributed by atoms with Crippen LogP contribution in [0.25, 0.3) is 12.2 Å². The van der Waals surface area contributed by atoms with Crippen LogP contribution in [-0.2, 0) is 40.5 Å². The van der Waals surface area contributed by atoms with Crippen molar-refractivity contribution in [2.75, 3.05) is 38.8 Å². The Kier molecular flexibility index (Phi) is 13.0. The average Bonchev–Trinajstić information content (AvgIpc) is 3.02. The van der Waals surface area contributed by atoms with Crippen LogP contribution in [-0.4, -0.2) is 107 Å². The van der Waals surface area contributed by atoms with E-state index in [0.717, 1.165) is 77.3 Å². The van der Waals surface area contributed by atoms with Gasteiger partial charge in [-0.25, -0.2) is 18.2 Å². The quantitative estimate of drug-likeness (QED) is 0.0490. The van der Waals surface area contributed by atoms with Crippen molar-refractivity contribution >= 4 is 75.8 Å². The van der Waals surface area contributed by atoms with Crippen LogP contribution >= 0.6 is 0 Å². The van der Waals surface area contributed by atoms with Crippen molar-refractivity contribution in [1.82, 2.24) is 0 Å². The lowest BCUT2D eigenvalue weighted by Crippen LogP contribution is -2.27. The van der Waals surface area contributed by atoms with Gasteiger partial charge >= 0.3 is 40.5 Å². The van der Waals surface area contributed by atoms with Gasteiger partial charge in [-0.3, -0.25) is 9.59 Å². The lowest BCUT2D eigenvalue weighted by atomic mass is 10.1. The summed E-state index contributed by atoms with van der Waals surface area (Å²) in [5.41, 5.74) is -1.94. The number of rotatable bonds is 10. The van der Waals surface area contributed by atoms with Crippen LogP contribution in [0.4, 0.5) is 11.4 Å². The number of hydrogen-bond donors (Lipinski definition) is 8. The fraction of sp³-hybridized carbons (Fsp3) is 0.125. The first-order valence-electron chi connectivity index (χ1n) is 15.0. The van der Waals surface area contributed by atoms with Gasteiger partial charge in [0.05, 0.1) is 39.3 Å². The van der Waals surface area contributed by atoms with Gasteiger partial charge in [-0.05, 0) is 60.7 Å². The van der Waals surface area contributed by atoms with Gasteiger partial charge in [0.25, 0.3) is 11.8 Å². The van der Waals surface area contributed by atoms with E-state index in [2.05, 4.69) is 38.8 Å². The van der Waals surface area contributed by atoms with E-state index in [1.54, 1.807) is 0 Å². The molecule has 0 saturated carbocycles. The van der Waals surface area contributed by atoms with Crippen molar-refractivity contribution in [1.29, 1.82) is 0 Å². The number of carbonyl (C=O) groups excluding carboxylic acids is 2. The number of quaternary nitrogens is 1. The number of phenols is 2. The number of benzene rings is 4. The predicted molar refractivity (Wildman–Crippen MR) is 202 cm³/mol. The Balaban J connectivity index is 0.00000152. The predicted octanol–water partition coefficient (Wildman–Crippen LogP) is 3.71. The lowest BCUT2D eigenvalue weighted by Gasteiger charge is -2.14. The second-order valence-electron chi connectivity index (χ2n) is 12.8. The first-order chi connectivity index (χ1) is 24.9. The van der Waals surface area contributed by atoms with Crippen LogP contribution in [0.1, 0.15) is 31.8 Å². The Labute approximate surface area is 315 Å². The number of anilines is 2. The summed E-state index contributed by atoms with van der Waals surface area (Å²) in [6.07, 6.45) is 2.16. The molecule has 0 heterocycles. The van der Waals surface area contributed by atoms with E-state index in [1.165, 1.54) is 12.1 Å². The summed E-state index contributed by atoms with van der Waals surface area (Å²) >= 11 is 0. The first kappa shape index (κ1) is 44.2. The number of aromatic hydroxyl groups is 2. The van der Waals surface area contributed by atoms with E-state index >= 15 is 0 Å². The standard InChI is InChI=1S/C28H22N2O16S4.C4H12N/c31-23-9-7-19(47(35,36)37)13-21(23)27(33)29-17-5-3-15(25(11-17)49(41,42)43)1-2-16-4-6-18(12-26(16)50(44,45)46)30-28(34)22-14-20(48(38,39)40)8-10-24(22)32;1-5(2,3)4/h1-14,31-32H,(H,29,33)(H,30,34)(H,35,36,37)(H,38,39,40)(H,41,42,43)(H,44,45,46);1-4H3/q;+1/p+4/b2-1+;. The van der Waals surface area contributed by atoms with Crippen molar-refractivity contribution < 1.29 is 76.2 Å². The maximum absolute atomic E-state index is 12.8. The van der Waals surface area contributed by atoms with E-state index in [1.807, 2.05) is 0 Å². The van der Waals surface area contributed by atoms with E-state index in [0.29, 0.717) is 0 Å². The molecule has 23 heteroatoms. The maximum Gasteiger partial charge on any atom is 0.435 e. The van der Waals surface area contributed by atoms with Gasteiger partial charge in [0, 0.05) is 22.5 Å². The molecular formula is C32H38N3O16S4+5. The Morgan fingerprint density at radius 2 is 0.855 bits per heavy atom. The van der Waals surface area contributed by atoms with Crippen molar-refractivity contribution in [3.63, 3.8) is 0 Å². The third-order valence-electron chi connectivity index (χ3n) is 6.60. The highest BCUT2D eigenvalue weighted by Gasteiger charge is 2.26. The SMILES string of the molecule is C[N+](C)(C)C.O=C(Nc1ccc(/C=C/c2ccc(NC(=O)c3cc(S(=O)(O)=[OH+])ccc3O)cc2S(=O)(O)=[OH+])c(S(=O)(O)=[OH+])c1)c1cc(S(=O)(O)=[OH+])ccc1O. The Morgan fingerprint density at radius 3 is 1.13 bits per heavy atom. The summed E-state index contributed by atoms with van der Waals surface area (Å²) in [5.74, 6) is -3.49. The molecule has 0 bridgehead atoms. The van der Waals surface area contributed by atoms with Crippen molar-refractivity contribution in [3.8, 4) is 11.5 Å². The fourth-order valence-corrected chi connectivity index (χ4v) is 6.74. The van der Waals surface area contributed by atoms with Crippen LogP contribution in [0, 0.1) is 0 Å². The molecule has 0 aliphatic rings. The van der Waals surface area contributed by atoms with Crippen molar-refractivity contribution in [3.05, 3.63) is 95.1 Å². The summed E-state index contributed by atoms with van der Waals surface area (Å²) in [4.78, 5) is 23.0. The normalized spacial score (nSPS) is 15.9. The number of hydrogen-bond acceptors (Lipinski definition) is 8. The van der Waals surface area contributed by atoms with Crippen molar-refractivity contribution in [2.24, 2.45) is 0 Å². The monoisotopic (exact) mass is 848 g/mol. The summed E-state index contributed by atoms with van der Waals surface area (Å²) in [5, 5.41) is 24.6. The minimum atomic E-state index is -4.77. The average molecular weight is 849 g/mol. The molecule has 4 rings (SSSR count). The second kappa shape index (κ2) is 16.2. The van der Waals surface area contributed by atoms with Gasteiger partial charge in [-0.2, -0.15) is 16.8 Å². The number of nitrogens with one attached hydrogen (secondary N) is 2. The number of nitrogens with zero attached hydrogens (tertiary/aromatic N) is 1. The third-order valence-corrected chi connectivity index (χ3v) is 10.2. The highest BCUT2D eigenvalue weighted by molar-refractivity contribution is 7.86. The molecular weight excluding hydrogens is 811 g/mol. The summed E-state index contributed by atoms with van der Waals surface area (Å²) in [7, 11) is -10.1. The molecule has 0 aliphatic carbocycles. The van der Waals surface area contributed by atoms with Gasteiger partial charge in [0.15, 0.2) is 9.79 Å². The molecule has 4 aromatic rings. The van der Waals surface area contributed by atoms with E-state index in [4.69, 9.17) is 0 Å². The van der Waals surface area contributed by atoms with Gasteiger partial charge in [-0.1, -0.05) is 24.3 Å². The topological polar surface area (TPSA) is 333 Å². The van der Waals surface area contributed by atoms with Gasteiger partial charge < -0.3 is 25.3 Å². The van der Waals surface area contributed by atoms with E-state index in [-0.39, 0.29) is 22.5 Å². The molecule has 0 saturated heterocycles. The van der Waals surface area contributed by atoms with Gasteiger partial charge in [-0.15, -0.1) is 16.8 Å². The summed E-state index contributed by atoms with van der Waals surface area (Å²) < 4.78 is 126. The zero-order chi connectivity index (χ0) is 41.9. The van der Waals surface area contributed by atoms with Crippen molar-refractivity contribution in [2.45, 2.75) is 19.6 Å². The van der Waals surface area contributed by atoms with Crippen LogP contribution in [0.5, 0.6) is 11.5 Å². The van der Waals surface area contributed by atoms with E-state index in [9.17, 15) is 71.7 Å². The molecule has 296 valence electrons. The first-order valence-corrected chi connectivity index (χ1v) is 20.8. The van der Waals surface area contributed by atoms with Gasteiger partial charge in [0.1, 0.15) is 21.3 Å². The third kappa shape index (κ3) is 12.7. The Hall–Kier alpha value is -5.24. The second-order valence-corrected chi connectivity index (χ2v) is 18.6. The minimum absolute atomic E-state index is 0.187. The number of carbonyl (C=O) groups is 2. The molecule has 12 N–H and O–H groups in total. The Morgan fingerprint density at radius 1 is 0.545 bits per heavy atom. The molecule has 4 unspecified atom stereocenters. The molecule has 0 aliphatic heterocycles. The zero-order valence-electron chi connectivity index (χ0n) is 29.1. The number of amides is 2. The van der Waals surface area contributed by atoms with Crippen LogP contribution in [0.2, 0.25) is 0 Å². The van der Waals surface area contributed by atoms with Crippen LogP contribution in [0.15, 0.2) is 92.4 Å². The van der Waals surface area contributed by atoms with Gasteiger partial charge in [0.2, 0.25) is 0 Å². The molecule has 2 amide bonds.